The van der Waals surface area contributed by atoms with Crippen molar-refractivity contribution in [2.75, 3.05) is 32.1 Å². The number of hydrogen-bond donors (Lipinski definition) is 2. The summed E-state index contributed by atoms with van der Waals surface area (Å²) >= 11 is 0. The molecule has 188 valence electrons. The lowest BCUT2D eigenvalue weighted by Gasteiger charge is -2.09. The van der Waals surface area contributed by atoms with Gasteiger partial charge < -0.3 is 20.5 Å². The summed E-state index contributed by atoms with van der Waals surface area (Å²) in [6.45, 7) is 6.60. The maximum Gasteiger partial charge on any atom is 0.317 e. The average molecular weight is 487 g/mol. The summed E-state index contributed by atoms with van der Waals surface area (Å²) in [6, 6.07) is 25.7. The number of nitrogens with two attached hydrogens (primary N) is 1. The van der Waals surface area contributed by atoms with Gasteiger partial charge >= 0.3 is 5.70 Å². The minimum Gasteiger partial charge on any atom is -0.478 e. The number of para-hydroxylation sites is 1. The van der Waals surface area contributed by atoms with Crippen molar-refractivity contribution in [3.05, 3.63) is 113 Å². The molecule has 36 heavy (non-hydrogen) atoms. The summed E-state index contributed by atoms with van der Waals surface area (Å²) in [6.07, 6.45) is 2.89. The Balaban J connectivity index is 0.000000253. The normalized spacial score (nSPS) is 13.2. The number of allylic oxidation sites excluding steroid dienone is 1. The van der Waals surface area contributed by atoms with Gasteiger partial charge in [0.2, 0.25) is 6.21 Å². The molecule has 0 aromatic heterocycles. The number of benzene rings is 3. The molecule has 0 radical (unpaired) electrons. The third-order valence-corrected chi connectivity index (χ3v) is 5.46. The molecule has 0 saturated carbocycles. The maximum absolute atomic E-state index is 12.6. The number of nitrogens with one attached hydrogen (secondary N) is 1. The Hall–Kier alpha value is -3.74. The highest BCUT2D eigenvalue weighted by atomic mass is 16.5. The zero-order chi connectivity index (χ0) is 25.8. The first kappa shape index (κ1) is 26.9. The number of carbonyl (C=O) groups is 1. The lowest BCUT2D eigenvalue weighted by molar-refractivity contribution is -0.402. The van der Waals surface area contributed by atoms with Crippen LogP contribution in [-0.4, -0.2) is 43.5 Å². The van der Waals surface area contributed by atoms with Crippen molar-refractivity contribution >= 4 is 17.8 Å². The molecule has 3 aromatic carbocycles. The standard InChI is InChI=1S/C19H19N3O2.C11H16O/c20-11-12-22-13-17(22)18(24-14-15-7-3-1-4-8-15)19(23)21-16-9-5-2-6-10-16;1-9-6-10(2)8-11(7-9)4-5-12-3/h1-10,13H,11-12,14,20H2;6-8H,4-5H2,1-3H3/p+1/b18-17-;. The number of anilines is 1. The third kappa shape index (κ3) is 8.80. The highest BCUT2D eigenvalue weighted by Crippen LogP contribution is 2.19. The summed E-state index contributed by atoms with van der Waals surface area (Å²) in [5.41, 5.74) is 12.1. The van der Waals surface area contributed by atoms with Gasteiger partial charge in [-0.15, -0.1) is 0 Å². The molecule has 0 spiro atoms. The van der Waals surface area contributed by atoms with Crippen LogP contribution >= 0.6 is 0 Å². The van der Waals surface area contributed by atoms with E-state index in [2.05, 4.69) is 37.4 Å². The number of ether oxygens (including phenoxy) is 2. The quantitative estimate of drug-likeness (QED) is 0.249. The van der Waals surface area contributed by atoms with Gasteiger partial charge in [-0.05, 0) is 43.5 Å². The second kappa shape index (κ2) is 14.0. The summed E-state index contributed by atoms with van der Waals surface area (Å²) in [4.78, 5) is 12.6. The smallest absolute Gasteiger partial charge is 0.317 e. The van der Waals surface area contributed by atoms with Crippen molar-refractivity contribution < 1.29 is 18.8 Å². The Morgan fingerprint density at radius 2 is 1.56 bits per heavy atom. The van der Waals surface area contributed by atoms with Crippen LogP contribution in [0.5, 0.6) is 0 Å². The van der Waals surface area contributed by atoms with Gasteiger partial charge in [-0.25, -0.2) is 0 Å². The highest BCUT2D eigenvalue weighted by molar-refractivity contribution is 6.06. The Labute approximate surface area is 214 Å². The van der Waals surface area contributed by atoms with Crippen LogP contribution in [0.3, 0.4) is 0 Å². The predicted molar refractivity (Wildman–Crippen MR) is 145 cm³/mol. The van der Waals surface area contributed by atoms with Crippen molar-refractivity contribution in [3.8, 4) is 0 Å². The van der Waals surface area contributed by atoms with Crippen molar-refractivity contribution in [2.45, 2.75) is 26.9 Å². The van der Waals surface area contributed by atoms with E-state index in [1.54, 1.807) is 7.11 Å². The average Bonchev–Trinajstić information content (AvgIpc) is 3.63. The SMILES string of the molecule is COCCc1cc(C)cc(C)c1.NCC[N+]1=CC/1=C(/OCc1ccccc1)C(=O)Nc1ccccc1. The zero-order valence-electron chi connectivity index (χ0n) is 21.4. The lowest BCUT2D eigenvalue weighted by Crippen LogP contribution is -2.19. The molecule has 4 rings (SSSR count). The number of rotatable bonds is 10. The molecule has 3 N–H and O–H groups in total. The van der Waals surface area contributed by atoms with Crippen LogP contribution in [0.25, 0.3) is 0 Å². The van der Waals surface area contributed by atoms with E-state index >= 15 is 0 Å². The summed E-state index contributed by atoms with van der Waals surface area (Å²) in [5.74, 6) is 0.0547. The Morgan fingerprint density at radius 1 is 0.917 bits per heavy atom. The van der Waals surface area contributed by atoms with Crippen molar-refractivity contribution in [1.29, 1.82) is 0 Å². The van der Waals surface area contributed by atoms with Gasteiger partial charge in [-0.1, -0.05) is 77.9 Å². The van der Waals surface area contributed by atoms with Crippen molar-refractivity contribution in [3.63, 3.8) is 0 Å². The molecule has 0 unspecified atom stereocenters. The van der Waals surface area contributed by atoms with Crippen LogP contribution in [0.1, 0.15) is 22.3 Å². The number of aryl methyl sites for hydroxylation is 2. The van der Waals surface area contributed by atoms with E-state index in [4.69, 9.17) is 15.2 Å². The molecule has 3 aromatic rings. The first-order valence-electron chi connectivity index (χ1n) is 12.1. The van der Waals surface area contributed by atoms with Crippen molar-refractivity contribution in [1.82, 2.24) is 0 Å². The Bertz CT molecular complexity index is 1170. The van der Waals surface area contributed by atoms with Gasteiger partial charge in [0, 0.05) is 12.8 Å². The molecular weight excluding hydrogens is 450 g/mol. The van der Waals surface area contributed by atoms with Crippen LogP contribution in [0.4, 0.5) is 5.69 Å². The van der Waals surface area contributed by atoms with Gasteiger partial charge in [0.05, 0.1) is 13.2 Å². The third-order valence-electron chi connectivity index (χ3n) is 5.46. The molecule has 0 fully saturated rings. The molecular formula is C30H36N3O3+. The fourth-order valence-corrected chi connectivity index (χ4v) is 3.76. The number of amides is 1. The minimum atomic E-state index is -0.261. The molecule has 0 saturated heterocycles. The molecule has 0 aliphatic carbocycles. The second-order valence-electron chi connectivity index (χ2n) is 8.66. The van der Waals surface area contributed by atoms with Crippen LogP contribution in [-0.2, 0) is 27.3 Å². The zero-order valence-corrected chi connectivity index (χ0v) is 21.4. The van der Waals surface area contributed by atoms with Crippen LogP contribution < -0.4 is 11.1 Å². The van der Waals surface area contributed by atoms with E-state index in [0.717, 1.165) is 30.0 Å². The topological polar surface area (TPSA) is 76.6 Å². The van der Waals surface area contributed by atoms with Crippen molar-refractivity contribution in [2.24, 2.45) is 5.73 Å². The van der Waals surface area contributed by atoms with Gasteiger partial charge in [0.15, 0.2) is 6.54 Å². The van der Waals surface area contributed by atoms with Gasteiger partial charge in [-0.2, -0.15) is 4.58 Å². The van der Waals surface area contributed by atoms with E-state index in [-0.39, 0.29) is 5.91 Å². The van der Waals surface area contributed by atoms with Gasteiger partial charge in [-0.3, -0.25) is 4.79 Å². The fourth-order valence-electron chi connectivity index (χ4n) is 3.76. The Kier molecular flexibility index (Phi) is 10.4. The van der Waals surface area contributed by atoms with E-state index < -0.39 is 0 Å². The van der Waals surface area contributed by atoms with Crippen LogP contribution in [0, 0.1) is 13.8 Å². The molecule has 0 atom stereocenters. The monoisotopic (exact) mass is 486 g/mol. The largest absolute Gasteiger partial charge is 0.478 e. The number of nitrogens with zero attached hydrogens (tertiary/aromatic N) is 1. The van der Waals surface area contributed by atoms with E-state index in [1.165, 1.54) is 16.7 Å². The lowest BCUT2D eigenvalue weighted by atomic mass is 10.1. The predicted octanol–water partition coefficient (Wildman–Crippen LogP) is 4.60. The summed E-state index contributed by atoms with van der Waals surface area (Å²) in [7, 11) is 1.74. The molecule has 1 heterocycles. The minimum absolute atomic E-state index is 0.261. The number of carbonyl (C=O) groups excluding carboxylic acids is 1. The molecule has 1 aliphatic heterocycles. The first-order valence-corrected chi connectivity index (χ1v) is 12.1. The molecule has 6 nitrogen and oxygen atoms in total. The van der Waals surface area contributed by atoms with Gasteiger partial charge in [0.25, 0.3) is 11.7 Å². The molecule has 1 aliphatic rings. The maximum atomic E-state index is 12.6. The summed E-state index contributed by atoms with van der Waals surface area (Å²) < 4.78 is 12.8. The Morgan fingerprint density at radius 3 is 2.17 bits per heavy atom. The fraction of sp³-hybridized carbons (Fsp3) is 0.267. The number of hydrogen-bond acceptors (Lipinski definition) is 4. The van der Waals surface area contributed by atoms with E-state index in [0.29, 0.717) is 25.5 Å². The summed E-state index contributed by atoms with van der Waals surface area (Å²) in [5, 5.41) is 2.86. The van der Waals surface area contributed by atoms with Crippen LogP contribution in [0.15, 0.2) is 90.3 Å². The van der Waals surface area contributed by atoms with Gasteiger partial charge in [0.1, 0.15) is 6.61 Å². The second-order valence-corrected chi connectivity index (χ2v) is 8.66. The highest BCUT2D eigenvalue weighted by Gasteiger charge is 2.37. The first-order chi connectivity index (χ1) is 17.5. The number of methoxy groups -OCH3 is 1. The molecule has 6 heteroatoms. The van der Waals surface area contributed by atoms with Crippen LogP contribution in [0.2, 0.25) is 0 Å². The van der Waals surface area contributed by atoms with E-state index in [9.17, 15) is 4.79 Å². The molecule has 1 amide bonds. The van der Waals surface area contributed by atoms with E-state index in [1.807, 2.05) is 71.5 Å². The molecule has 0 bridgehead atoms.